The minimum atomic E-state index is 0.726. The van der Waals surface area contributed by atoms with Crippen LogP contribution in [0.5, 0.6) is 0 Å². The third kappa shape index (κ3) is 2.12. The number of nitrogens with one attached hydrogen (secondary N) is 1. The van der Waals surface area contributed by atoms with Gasteiger partial charge >= 0.3 is 0 Å². The monoisotopic (exact) mass is 180 g/mol. The number of likely N-dealkylation sites (N-methyl/N-ethyl adjacent to an activating group) is 1. The van der Waals surface area contributed by atoms with Gasteiger partial charge < -0.3 is 10.2 Å². The highest BCUT2D eigenvalue weighted by Gasteiger charge is 2.27. The van der Waals surface area contributed by atoms with Crippen LogP contribution in [-0.2, 0) is 0 Å². The molecular weight excluding hydrogens is 160 g/mol. The van der Waals surface area contributed by atoms with E-state index in [0.717, 1.165) is 18.1 Å². The molecule has 0 aromatic carbocycles. The van der Waals surface area contributed by atoms with Crippen LogP contribution in [0.2, 0.25) is 0 Å². The Labute approximate surface area is 81.0 Å². The Kier molecular flexibility index (Phi) is 2.70. The molecule has 0 aromatic heterocycles. The molecule has 74 valence electrons. The molecule has 2 unspecified atom stereocenters. The van der Waals surface area contributed by atoms with Crippen molar-refractivity contribution in [3.05, 3.63) is 12.2 Å². The summed E-state index contributed by atoms with van der Waals surface area (Å²) in [5.41, 5.74) is 0. The number of hydrogen-bond acceptors (Lipinski definition) is 2. The molecule has 0 aromatic rings. The average molecular weight is 180 g/mol. The molecule has 2 rings (SSSR count). The smallest absolute Gasteiger partial charge is 0.0212 e. The second-order valence-electron chi connectivity index (χ2n) is 4.53. The van der Waals surface area contributed by atoms with Crippen LogP contribution in [0.15, 0.2) is 12.2 Å². The maximum Gasteiger partial charge on any atom is 0.0212 e. The lowest BCUT2D eigenvalue weighted by Crippen LogP contribution is -2.38. The molecule has 1 heterocycles. The van der Waals surface area contributed by atoms with E-state index in [4.69, 9.17) is 0 Å². The second-order valence-corrected chi connectivity index (χ2v) is 4.53. The van der Waals surface area contributed by atoms with Crippen molar-refractivity contribution in [2.24, 2.45) is 0 Å². The fraction of sp³-hybridized carbons (Fsp3) is 0.818. The molecule has 0 amide bonds. The Morgan fingerprint density at radius 3 is 2.46 bits per heavy atom. The summed E-state index contributed by atoms with van der Waals surface area (Å²) in [5.74, 6) is 0. The number of nitrogens with zero attached hydrogens (tertiary/aromatic N) is 1. The molecular formula is C11H20N2. The first-order valence-corrected chi connectivity index (χ1v) is 5.37. The molecule has 1 N–H and O–H groups in total. The molecule has 2 atom stereocenters. The van der Waals surface area contributed by atoms with Crippen LogP contribution >= 0.6 is 0 Å². The zero-order valence-corrected chi connectivity index (χ0v) is 8.66. The average Bonchev–Trinajstić information content (AvgIpc) is 2.64. The van der Waals surface area contributed by atoms with E-state index in [1.165, 1.54) is 25.8 Å². The Balaban J connectivity index is 1.77. The van der Waals surface area contributed by atoms with Gasteiger partial charge in [0.25, 0.3) is 0 Å². The summed E-state index contributed by atoms with van der Waals surface area (Å²) in [6.45, 7) is 3.53. The van der Waals surface area contributed by atoms with Crippen LogP contribution in [0.1, 0.15) is 26.2 Å². The molecule has 1 fully saturated rings. The van der Waals surface area contributed by atoms with Crippen LogP contribution in [-0.4, -0.2) is 36.6 Å². The Bertz CT molecular complexity index is 182. The van der Waals surface area contributed by atoms with E-state index in [0.29, 0.717) is 0 Å². The largest absolute Gasteiger partial charge is 0.309 e. The van der Waals surface area contributed by atoms with Crippen molar-refractivity contribution >= 4 is 0 Å². The molecule has 1 aliphatic heterocycles. The van der Waals surface area contributed by atoms with Crippen molar-refractivity contribution in [3.8, 4) is 0 Å². The van der Waals surface area contributed by atoms with Gasteiger partial charge in [-0.15, -0.1) is 0 Å². The van der Waals surface area contributed by atoms with Gasteiger partial charge in [-0.25, -0.2) is 0 Å². The summed E-state index contributed by atoms with van der Waals surface area (Å²) < 4.78 is 0. The van der Waals surface area contributed by atoms with Gasteiger partial charge in [0.2, 0.25) is 0 Å². The van der Waals surface area contributed by atoms with Crippen molar-refractivity contribution < 1.29 is 0 Å². The van der Waals surface area contributed by atoms with Gasteiger partial charge in [-0.05, 0) is 33.2 Å². The maximum absolute atomic E-state index is 3.73. The Morgan fingerprint density at radius 2 is 1.92 bits per heavy atom. The fourth-order valence-corrected chi connectivity index (χ4v) is 2.40. The van der Waals surface area contributed by atoms with Crippen LogP contribution in [0, 0.1) is 0 Å². The standard InChI is InChI=1S/C11H20N2/c1-9-7-11(8-13(9)2)12-10-5-3-4-6-10/h3-4,9-12H,5-8H2,1-2H3. The summed E-state index contributed by atoms with van der Waals surface area (Å²) in [5, 5.41) is 3.73. The van der Waals surface area contributed by atoms with Gasteiger partial charge in [-0.3, -0.25) is 0 Å². The first kappa shape index (κ1) is 9.22. The van der Waals surface area contributed by atoms with Gasteiger partial charge in [-0.2, -0.15) is 0 Å². The molecule has 2 aliphatic rings. The second kappa shape index (κ2) is 3.81. The van der Waals surface area contributed by atoms with Crippen molar-refractivity contribution in [2.75, 3.05) is 13.6 Å². The van der Waals surface area contributed by atoms with Gasteiger partial charge in [-0.1, -0.05) is 12.2 Å². The third-order valence-electron chi connectivity index (χ3n) is 3.37. The lowest BCUT2D eigenvalue weighted by atomic mass is 10.1. The lowest BCUT2D eigenvalue weighted by Gasteiger charge is -2.18. The van der Waals surface area contributed by atoms with Crippen LogP contribution in [0.25, 0.3) is 0 Å². The number of rotatable bonds is 2. The highest BCUT2D eigenvalue weighted by Crippen LogP contribution is 2.18. The zero-order valence-electron chi connectivity index (χ0n) is 8.66. The highest BCUT2D eigenvalue weighted by molar-refractivity contribution is 4.99. The first-order chi connectivity index (χ1) is 6.25. The van der Waals surface area contributed by atoms with Gasteiger partial charge in [0.15, 0.2) is 0 Å². The summed E-state index contributed by atoms with van der Waals surface area (Å²) in [6, 6.07) is 2.21. The van der Waals surface area contributed by atoms with Gasteiger partial charge in [0, 0.05) is 24.7 Å². The third-order valence-corrected chi connectivity index (χ3v) is 3.37. The van der Waals surface area contributed by atoms with Crippen molar-refractivity contribution in [1.82, 2.24) is 10.2 Å². The zero-order chi connectivity index (χ0) is 9.26. The normalized spacial score (nSPS) is 36.2. The van der Waals surface area contributed by atoms with Gasteiger partial charge in [0.1, 0.15) is 0 Å². The highest BCUT2D eigenvalue weighted by atomic mass is 15.2. The summed E-state index contributed by atoms with van der Waals surface area (Å²) in [6.07, 6.45) is 8.36. The van der Waals surface area contributed by atoms with E-state index in [1.54, 1.807) is 0 Å². The number of likely N-dealkylation sites (tertiary alicyclic amines) is 1. The van der Waals surface area contributed by atoms with E-state index < -0.39 is 0 Å². The van der Waals surface area contributed by atoms with Crippen LogP contribution in [0.4, 0.5) is 0 Å². The van der Waals surface area contributed by atoms with Crippen molar-refractivity contribution in [1.29, 1.82) is 0 Å². The maximum atomic E-state index is 3.73. The summed E-state index contributed by atoms with van der Waals surface area (Å²) in [4.78, 5) is 2.44. The van der Waals surface area contributed by atoms with E-state index in [-0.39, 0.29) is 0 Å². The predicted molar refractivity (Wildman–Crippen MR) is 55.8 cm³/mol. The van der Waals surface area contributed by atoms with Gasteiger partial charge in [0.05, 0.1) is 0 Å². The molecule has 2 heteroatoms. The summed E-state index contributed by atoms with van der Waals surface area (Å²) in [7, 11) is 2.22. The number of hydrogen-bond donors (Lipinski definition) is 1. The Hall–Kier alpha value is -0.340. The quantitative estimate of drug-likeness (QED) is 0.646. The molecule has 0 spiro atoms. The SMILES string of the molecule is CC1CC(NC2CC=CC2)CN1C. The minimum Gasteiger partial charge on any atom is -0.309 e. The molecule has 0 bridgehead atoms. The van der Waals surface area contributed by atoms with Crippen LogP contribution in [0.3, 0.4) is 0 Å². The van der Waals surface area contributed by atoms with Crippen molar-refractivity contribution in [3.63, 3.8) is 0 Å². The lowest BCUT2D eigenvalue weighted by molar-refractivity contribution is 0.324. The molecule has 0 radical (unpaired) electrons. The summed E-state index contributed by atoms with van der Waals surface area (Å²) >= 11 is 0. The van der Waals surface area contributed by atoms with Crippen molar-refractivity contribution in [2.45, 2.75) is 44.3 Å². The molecule has 13 heavy (non-hydrogen) atoms. The fourth-order valence-electron chi connectivity index (χ4n) is 2.40. The minimum absolute atomic E-state index is 0.726. The molecule has 1 aliphatic carbocycles. The first-order valence-electron chi connectivity index (χ1n) is 5.37. The molecule has 0 saturated carbocycles. The molecule has 2 nitrogen and oxygen atoms in total. The topological polar surface area (TPSA) is 15.3 Å². The van der Waals surface area contributed by atoms with Crippen LogP contribution < -0.4 is 5.32 Å². The van der Waals surface area contributed by atoms with E-state index in [2.05, 4.69) is 36.3 Å². The molecule has 1 saturated heterocycles. The predicted octanol–water partition coefficient (Wildman–Crippen LogP) is 1.39. The van der Waals surface area contributed by atoms with E-state index >= 15 is 0 Å². The Morgan fingerprint density at radius 1 is 1.23 bits per heavy atom. The van der Waals surface area contributed by atoms with E-state index in [9.17, 15) is 0 Å². The van der Waals surface area contributed by atoms with E-state index in [1.807, 2.05) is 0 Å².